The van der Waals surface area contributed by atoms with Gasteiger partial charge in [0.05, 0.1) is 5.69 Å². The standard InChI is InChI=1S/C30H35N/c1-22-7-5-6-10-29(22)30-20-19-28(21-31-30)27-17-15-26(16-18-27)25-13-11-24(12-14-25)23-8-3-2-4-9-23/h5-7,10,15-21,23-25H,2-4,8-9,11-14H2,1H3. The normalized spacial score (nSPS) is 22.4. The number of rotatable bonds is 4. The third kappa shape index (κ3) is 4.61. The van der Waals surface area contributed by atoms with Gasteiger partial charge in [0, 0.05) is 17.3 Å². The fourth-order valence-electron chi connectivity index (χ4n) is 6.06. The Kier molecular flexibility index (Phi) is 6.20. The largest absolute Gasteiger partial charge is 0.256 e. The molecule has 2 aromatic carbocycles. The second-order valence-electron chi connectivity index (χ2n) is 9.88. The molecule has 2 fully saturated rings. The molecule has 0 saturated heterocycles. The SMILES string of the molecule is Cc1ccccc1-c1ccc(-c2ccc(C3CCC(C4CCCCC4)CC3)cc2)cn1. The maximum Gasteiger partial charge on any atom is 0.0705 e. The fraction of sp³-hybridized carbons (Fsp3) is 0.433. The van der Waals surface area contributed by atoms with Crippen LogP contribution in [0.4, 0.5) is 0 Å². The van der Waals surface area contributed by atoms with Gasteiger partial charge in [-0.25, -0.2) is 0 Å². The summed E-state index contributed by atoms with van der Waals surface area (Å²) in [5.41, 5.74) is 7.54. The summed E-state index contributed by atoms with van der Waals surface area (Å²) >= 11 is 0. The van der Waals surface area contributed by atoms with Gasteiger partial charge < -0.3 is 0 Å². The summed E-state index contributed by atoms with van der Waals surface area (Å²) < 4.78 is 0. The molecule has 3 aromatic rings. The van der Waals surface area contributed by atoms with Gasteiger partial charge in [-0.3, -0.25) is 4.98 Å². The van der Waals surface area contributed by atoms with Crippen LogP contribution in [0.1, 0.15) is 74.8 Å². The molecule has 0 radical (unpaired) electrons. The van der Waals surface area contributed by atoms with Crippen molar-refractivity contribution in [2.24, 2.45) is 11.8 Å². The topological polar surface area (TPSA) is 12.9 Å². The van der Waals surface area contributed by atoms with E-state index < -0.39 is 0 Å². The van der Waals surface area contributed by atoms with Gasteiger partial charge in [-0.2, -0.15) is 0 Å². The van der Waals surface area contributed by atoms with E-state index in [4.69, 9.17) is 4.98 Å². The van der Waals surface area contributed by atoms with E-state index in [0.29, 0.717) is 0 Å². The smallest absolute Gasteiger partial charge is 0.0705 e. The van der Waals surface area contributed by atoms with E-state index in [1.807, 2.05) is 6.20 Å². The summed E-state index contributed by atoms with van der Waals surface area (Å²) in [6, 6.07) is 22.2. The average Bonchev–Trinajstić information content (AvgIpc) is 2.85. The molecule has 1 heteroatoms. The maximum atomic E-state index is 4.75. The van der Waals surface area contributed by atoms with Crippen molar-refractivity contribution in [3.05, 3.63) is 78.0 Å². The number of benzene rings is 2. The molecule has 0 bridgehead atoms. The van der Waals surface area contributed by atoms with Crippen LogP contribution >= 0.6 is 0 Å². The quantitative estimate of drug-likeness (QED) is 0.420. The number of hydrogen-bond donors (Lipinski definition) is 0. The van der Waals surface area contributed by atoms with E-state index in [-0.39, 0.29) is 0 Å². The van der Waals surface area contributed by atoms with E-state index >= 15 is 0 Å². The Morgan fingerprint density at radius 1 is 0.645 bits per heavy atom. The van der Waals surface area contributed by atoms with Crippen molar-refractivity contribution in [1.29, 1.82) is 0 Å². The molecule has 31 heavy (non-hydrogen) atoms. The first-order valence-electron chi connectivity index (χ1n) is 12.4. The zero-order valence-corrected chi connectivity index (χ0v) is 18.9. The predicted molar refractivity (Wildman–Crippen MR) is 131 cm³/mol. The maximum absolute atomic E-state index is 4.75. The van der Waals surface area contributed by atoms with Crippen LogP contribution < -0.4 is 0 Å². The lowest BCUT2D eigenvalue weighted by Crippen LogP contribution is -2.23. The van der Waals surface area contributed by atoms with Crippen LogP contribution in [-0.2, 0) is 0 Å². The summed E-state index contributed by atoms with van der Waals surface area (Å²) in [6.45, 7) is 2.15. The summed E-state index contributed by atoms with van der Waals surface area (Å²) in [5.74, 6) is 2.80. The second-order valence-corrected chi connectivity index (χ2v) is 9.88. The molecule has 1 heterocycles. The second kappa shape index (κ2) is 9.39. The highest BCUT2D eigenvalue weighted by molar-refractivity contribution is 5.68. The summed E-state index contributed by atoms with van der Waals surface area (Å²) in [5, 5.41) is 0. The van der Waals surface area contributed by atoms with Gasteiger partial charge in [-0.05, 0) is 73.1 Å². The molecule has 0 spiro atoms. The Balaban J connectivity index is 1.23. The molecular weight excluding hydrogens is 374 g/mol. The van der Waals surface area contributed by atoms with Crippen molar-refractivity contribution < 1.29 is 0 Å². The van der Waals surface area contributed by atoms with Crippen LogP contribution in [0.2, 0.25) is 0 Å². The molecule has 160 valence electrons. The highest BCUT2D eigenvalue weighted by Crippen LogP contribution is 2.43. The van der Waals surface area contributed by atoms with Gasteiger partial charge in [0.15, 0.2) is 0 Å². The molecule has 1 nitrogen and oxygen atoms in total. The van der Waals surface area contributed by atoms with Crippen LogP contribution in [-0.4, -0.2) is 4.98 Å². The first kappa shape index (κ1) is 20.5. The van der Waals surface area contributed by atoms with Crippen LogP contribution in [0.15, 0.2) is 66.9 Å². The number of hydrogen-bond acceptors (Lipinski definition) is 1. The van der Waals surface area contributed by atoms with Crippen molar-refractivity contribution in [1.82, 2.24) is 4.98 Å². The molecular formula is C30H35N. The molecule has 2 saturated carbocycles. The van der Waals surface area contributed by atoms with E-state index in [9.17, 15) is 0 Å². The molecule has 1 aromatic heterocycles. The number of nitrogens with zero attached hydrogens (tertiary/aromatic N) is 1. The van der Waals surface area contributed by atoms with Crippen LogP contribution in [0, 0.1) is 18.8 Å². The first-order valence-corrected chi connectivity index (χ1v) is 12.4. The van der Waals surface area contributed by atoms with Crippen molar-refractivity contribution in [3.8, 4) is 22.4 Å². The Morgan fingerprint density at radius 2 is 1.32 bits per heavy atom. The minimum absolute atomic E-state index is 0.760. The third-order valence-corrected chi connectivity index (χ3v) is 7.99. The monoisotopic (exact) mass is 409 g/mol. The first-order chi connectivity index (χ1) is 15.3. The van der Waals surface area contributed by atoms with Gasteiger partial charge >= 0.3 is 0 Å². The van der Waals surface area contributed by atoms with Gasteiger partial charge in [0.1, 0.15) is 0 Å². The summed E-state index contributed by atoms with van der Waals surface area (Å²) in [4.78, 5) is 4.75. The van der Waals surface area contributed by atoms with Gasteiger partial charge in [-0.1, -0.05) is 86.7 Å². The van der Waals surface area contributed by atoms with E-state index in [2.05, 4.69) is 67.6 Å². The molecule has 0 N–H and O–H groups in total. The molecule has 2 aliphatic rings. The third-order valence-electron chi connectivity index (χ3n) is 7.99. The lowest BCUT2D eigenvalue weighted by atomic mass is 9.70. The molecule has 2 aliphatic carbocycles. The van der Waals surface area contributed by atoms with Crippen LogP contribution in [0.5, 0.6) is 0 Å². The molecule has 5 rings (SSSR count). The van der Waals surface area contributed by atoms with Crippen molar-refractivity contribution >= 4 is 0 Å². The summed E-state index contributed by atoms with van der Waals surface area (Å²) in [6.07, 6.45) is 15.1. The Hall–Kier alpha value is -2.41. The zero-order chi connectivity index (χ0) is 21.0. The number of pyridine rings is 1. The molecule has 0 aliphatic heterocycles. The lowest BCUT2D eigenvalue weighted by Gasteiger charge is -2.36. The van der Waals surface area contributed by atoms with Crippen molar-refractivity contribution in [3.63, 3.8) is 0 Å². The van der Waals surface area contributed by atoms with Crippen molar-refractivity contribution in [2.75, 3.05) is 0 Å². The Morgan fingerprint density at radius 3 is 2.00 bits per heavy atom. The molecule has 0 unspecified atom stereocenters. The van der Waals surface area contributed by atoms with E-state index in [1.165, 1.54) is 85.6 Å². The minimum Gasteiger partial charge on any atom is -0.256 e. The zero-order valence-electron chi connectivity index (χ0n) is 18.9. The lowest BCUT2D eigenvalue weighted by molar-refractivity contribution is 0.186. The highest BCUT2D eigenvalue weighted by Gasteiger charge is 2.29. The summed E-state index contributed by atoms with van der Waals surface area (Å²) in [7, 11) is 0. The van der Waals surface area contributed by atoms with Crippen molar-refractivity contribution in [2.45, 2.75) is 70.6 Å². The minimum atomic E-state index is 0.760. The number of aryl methyl sites for hydroxylation is 1. The van der Waals surface area contributed by atoms with Crippen LogP contribution in [0.3, 0.4) is 0 Å². The Bertz CT molecular complexity index is 972. The van der Waals surface area contributed by atoms with Crippen LogP contribution in [0.25, 0.3) is 22.4 Å². The Labute approximate surface area is 187 Å². The average molecular weight is 410 g/mol. The van der Waals surface area contributed by atoms with E-state index in [1.54, 1.807) is 0 Å². The highest BCUT2D eigenvalue weighted by atomic mass is 14.7. The molecule has 0 atom stereocenters. The molecule has 0 amide bonds. The van der Waals surface area contributed by atoms with Gasteiger partial charge in [0.2, 0.25) is 0 Å². The van der Waals surface area contributed by atoms with Gasteiger partial charge in [-0.15, -0.1) is 0 Å². The van der Waals surface area contributed by atoms with Gasteiger partial charge in [0.25, 0.3) is 0 Å². The number of aromatic nitrogens is 1. The van der Waals surface area contributed by atoms with E-state index in [0.717, 1.165) is 23.4 Å². The predicted octanol–water partition coefficient (Wildman–Crippen LogP) is 8.58. The fourth-order valence-corrected chi connectivity index (χ4v) is 6.06.